The molecule has 1 aromatic rings. The molecule has 0 aliphatic heterocycles. The third kappa shape index (κ3) is 3.82. The van der Waals surface area contributed by atoms with Gasteiger partial charge in [0.25, 0.3) is 0 Å². The van der Waals surface area contributed by atoms with E-state index >= 15 is 0 Å². The van der Waals surface area contributed by atoms with Crippen molar-refractivity contribution in [3.63, 3.8) is 0 Å². The Labute approximate surface area is 97.3 Å². The monoisotopic (exact) mass is 217 g/mol. The molecule has 0 bridgehead atoms. The van der Waals surface area contributed by atoms with Gasteiger partial charge in [0.15, 0.2) is 0 Å². The van der Waals surface area contributed by atoms with Gasteiger partial charge in [0.05, 0.1) is 23.0 Å². The summed E-state index contributed by atoms with van der Waals surface area (Å²) in [7, 11) is 0. The molecule has 0 radical (unpaired) electrons. The van der Waals surface area contributed by atoms with E-state index in [1.807, 2.05) is 6.07 Å². The van der Waals surface area contributed by atoms with Gasteiger partial charge in [-0.15, -0.1) is 0 Å². The lowest BCUT2D eigenvalue weighted by Crippen LogP contribution is -2.13. The minimum Gasteiger partial charge on any atom is -0.397 e. The molecule has 0 amide bonds. The lowest BCUT2D eigenvalue weighted by Gasteiger charge is -2.19. The van der Waals surface area contributed by atoms with Gasteiger partial charge in [-0.3, -0.25) is 0 Å². The summed E-state index contributed by atoms with van der Waals surface area (Å²) >= 11 is 0. The third-order valence-electron chi connectivity index (χ3n) is 2.37. The molecule has 0 spiro atoms. The summed E-state index contributed by atoms with van der Waals surface area (Å²) in [5.74, 6) is 0. The average molecular weight is 217 g/mol. The van der Waals surface area contributed by atoms with Crippen LogP contribution >= 0.6 is 0 Å². The maximum atomic E-state index is 8.71. The number of benzene rings is 1. The predicted molar refractivity (Wildman–Crippen MR) is 68.1 cm³/mol. The number of nitrogens with two attached hydrogens (primary N) is 1. The summed E-state index contributed by atoms with van der Waals surface area (Å²) in [5.41, 5.74) is 8.28. The Kier molecular flexibility index (Phi) is 3.78. The van der Waals surface area contributed by atoms with Gasteiger partial charge in [0.2, 0.25) is 0 Å². The number of hydrogen-bond acceptors (Lipinski definition) is 3. The van der Waals surface area contributed by atoms with E-state index in [4.69, 9.17) is 11.0 Å². The van der Waals surface area contributed by atoms with Crippen molar-refractivity contribution in [2.75, 3.05) is 17.6 Å². The highest BCUT2D eigenvalue weighted by Gasteiger charge is 2.09. The molecule has 0 saturated carbocycles. The lowest BCUT2D eigenvalue weighted by molar-refractivity contribution is 0.390. The van der Waals surface area contributed by atoms with Crippen molar-refractivity contribution >= 4 is 11.4 Å². The summed E-state index contributed by atoms with van der Waals surface area (Å²) in [6, 6.07) is 7.39. The number of nitrogens with one attached hydrogen (secondary N) is 1. The van der Waals surface area contributed by atoms with Gasteiger partial charge in [-0.2, -0.15) is 5.26 Å². The molecule has 3 N–H and O–H groups in total. The van der Waals surface area contributed by atoms with Gasteiger partial charge in [-0.1, -0.05) is 20.8 Å². The molecule has 3 heteroatoms. The Bertz CT molecular complexity index is 397. The van der Waals surface area contributed by atoms with E-state index in [9.17, 15) is 0 Å². The first kappa shape index (κ1) is 12.4. The Morgan fingerprint density at radius 1 is 1.38 bits per heavy atom. The fourth-order valence-corrected chi connectivity index (χ4v) is 1.37. The Morgan fingerprint density at radius 3 is 2.56 bits per heavy atom. The molecular formula is C13H19N3. The normalized spacial score (nSPS) is 10.9. The van der Waals surface area contributed by atoms with Crippen LogP contribution in [0.2, 0.25) is 0 Å². The van der Waals surface area contributed by atoms with Crippen molar-refractivity contribution in [3.8, 4) is 6.07 Å². The van der Waals surface area contributed by atoms with E-state index in [0.29, 0.717) is 16.7 Å². The van der Waals surface area contributed by atoms with Gasteiger partial charge in [0.1, 0.15) is 0 Å². The van der Waals surface area contributed by atoms with E-state index in [1.165, 1.54) is 0 Å². The van der Waals surface area contributed by atoms with Crippen LogP contribution in [0.3, 0.4) is 0 Å². The molecule has 0 heterocycles. The SMILES string of the molecule is CC(C)(C)CCNc1ccc(C#N)cc1N. The molecule has 1 aromatic carbocycles. The van der Waals surface area contributed by atoms with Gasteiger partial charge < -0.3 is 11.1 Å². The van der Waals surface area contributed by atoms with Crippen LogP contribution in [-0.2, 0) is 0 Å². The van der Waals surface area contributed by atoms with E-state index in [-0.39, 0.29) is 0 Å². The molecule has 86 valence electrons. The first-order chi connectivity index (χ1) is 7.42. The number of nitrogen functional groups attached to an aromatic ring is 1. The second-order valence-electron chi connectivity index (χ2n) is 5.15. The molecule has 0 aliphatic carbocycles. The van der Waals surface area contributed by atoms with Crippen molar-refractivity contribution in [2.45, 2.75) is 27.2 Å². The predicted octanol–water partition coefficient (Wildman–Crippen LogP) is 2.99. The van der Waals surface area contributed by atoms with E-state index in [0.717, 1.165) is 18.7 Å². The minimum absolute atomic E-state index is 0.314. The smallest absolute Gasteiger partial charge is 0.0992 e. The first-order valence-electron chi connectivity index (χ1n) is 5.46. The highest BCUT2D eigenvalue weighted by atomic mass is 14.9. The van der Waals surface area contributed by atoms with Gasteiger partial charge in [-0.25, -0.2) is 0 Å². The van der Waals surface area contributed by atoms with Gasteiger partial charge in [-0.05, 0) is 30.0 Å². The van der Waals surface area contributed by atoms with Crippen LogP contribution in [0.1, 0.15) is 32.8 Å². The molecule has 0 aliphatic rings. The summed E-state index contributed by atoms with van der Waals surface area (Å²) < 4.78 is 0. The molecule has 16 heavy (non-hydrogen) atoms. The Balaban J connectivity index is 2.59. The summed E-state index contributed by atoms with van der Waals surface area (Å²) in [5, 5.41) is 12.0. The highest BCUT2D eigenvalue weighted by molar-refractivity contribution is 5.68. The topological polar surface area (TPSA) is 61.8 Å². The first-order valence-corrected chi connectivity index (χ1v) is 5.46. The van der Waals surface area contributed by atoms with Gasteiger partial charge in [0, 0.05) is 6.54 Å². The Morgan fingerprint density at radius 2 is 2.06 bits per heavy atom. The number of anilines is 2. The molecular weight excluding hydrogens is 198 g/mol. The van der Waals surface area contributed by atoms with Crippen molar-refractivity contribution < 1.29 is 0 Å². The van der Waals surface area contributed by atoms with Crippen LogP contribution in [0, 0.1) is 16.7 Å². The van der Waals surface area contributed by atoms with Gasteiger partial charge >= 0.3 is 0 Å². The molecule has 0 aromatic heterocycles. The van der Waals surface area contributed by atoms with E-state index in [2.05, 4.69) is 32.2 Å². The maximum absolute atomic E-state index is 8.71. The zero-order chi connectivity index (χ0) is 12.2. The number of rotatable bonds is 3. The highest BCUT2D eigenvalue weighted by Crippen LogP contribution is 2.22. The van der Waals surface area contributed by atoms with Crippen LogP contribution in [0.15, 0.2) is 18.2 Å². The second kappa shape index (κ2) is 4.89. The van der Waals surface area contributed by atoms with Crippen molar-refractivity contribution in [3.05, 3.63) is 23.8 Å². The largest absolute Gasteiger partial charge is 0.397 e. The van der Waals surface area contributed by atoms with Crippen LogP contribution in [0.5, 0.6) is 0 Å². The van der Waals surface area contributed by atoms with Crippen LogP contribution < -0.4 is 11.1 Å². The van der Waals surface area contributed by atoms with Crippen LogP contribution in [0.25, 0.3) is 0 Å². The summed E-state index contributed by atoms with van der Waals surface area (Å²) in [6.07, 6.45) is 1.08. The molecule has 0 unspecified atom stereocenters. The molecule has 0 saturated heterocycles. The third-order valence-corrected chi connectivity index (χ3v) is 2.37. The molecule has 1 rings (SSSR count). The summed E-state index contributed by atoms with van der Waals surface area (Å²) in [4.78, 5) is 0. The zero-order valence-corrected chi connectivity index (χ0v) is 10.2. The number of hydrogen-bond donors (Lipinski definition) is 2. The van der Waals surface area contributed by atoms with E-state index < -0.39 is 0 Å². The number of nitriles is 1. The number of nitrogens with zero attached hydrogens (tertiary/aromatic N) is 1. The van der Waals surface area contributed by atoms with E-state index in [1.54, 1.807) is 12.1 Å². The Hall–Kier alpha value is -1.69. The van der Waals surface area contributed by atoms with Crippen molar-refractivity contribution in [1.29, 1.82) is 5.26 Å². The van der Waals surface area contributed by atoms with Crippen molar-refractivity contribution in [2.24, 2.45) is 5.41 Å². The second-order valence-corrected chi connectivity index (χ2v) is 5.15. The lowest BCUT2D eigenvalue weighted by atomic mass is 9.92. The van der Waals surface area contributed by atoms with Crippen LogP contribution in [0.4, 0.5) is 11.4 Å². The minimum atomic E-state index is 0.314. The standard InChI is InChI=1S/C13H19N3/c1-13(2,3)6-7-16-12-5-4-10(9-14)8-11(12)15/h4-5,8,16H,6-7,15H2,1-3H3. The maximum Gasteiger partial charge on any atom is 0.0992 e. The average Bonchev–Trinajstić information content (AvgIpc) is 2.18. The zero-order valence-electron chi connectivity index (χ0n) is 10.2. The quantitative estimate of drug-likeness (QED) is 0.765. The molecule has 3 nitrogen and oxygen atoms in total. The summed E-state index contributed by atoms with van der Waals surface area (Å²) in [6.45, 7) is 7.50. The fourth-order valence-electron chi connectivity index (χ4n) is 1.37. The van der Waals surface area contributed by atoms with Crippen molar-refractivity contribution in [1.82, 2.24) is 0 Å². The molecule has 0 atom stereocenters. The van der Waals surface area contributed by atoms with Crippen LogP contribution in [-0.4, -0.2) is 6.54 Å². The molecule has 0 fully saturated rings. The fraction of sp³-hybridized carbons (Fsp3) is 0.462.